The van der Waals surface area contributed by atoms with Crippen LogP contribution in [0.15, 0.2) is 39.8 Å². The number of hydrogen-bond donors (Lipinski definition) is 0. The number of ether oxygens (including phenoxy) is 1. The molecular weight excluding hydrogens is 350 g/mol. The van der Waals surface area contributed by atoms with Crippen LogP contribution < -0.4 is 5.56 Å². The molecule has 3 rings (SSSR count). The van der Waals surface area contributed by atoms with Crippen molar-refractivity contribution in [2.75, 3.05) is 14.2 Å². The van der Waals surface area contributed by atoms with Gasteiger partial charge in [0, 0.05) is 19.4 Å². The minimum atomic E-state index is -0.510. The van der Waals surface area contributed by atoms with E-state index in [1.165, 1.54) is 28.7 Å². The molecule has 0 aromatic carbocycles. The van der Waals surface area contributed by atoms with Gasteiger partial charge in [-0.15, -0.1) is 0 Å². The smallest absolute Gasteiger partial charge is 0.341 e. The molecule has 0 fully saturated rings. The van der Waals surface area contributed by atoms with E-state index >= 15 is 0 Å². The van der Waals surface area contributed by atoms with Gasteiger partial charge in [0.25, 0.3) is 11.5 Å². The Morgan fingerprint density at radius 1 is 1.26 bits per heavy atom. The van der Waals surface area contributed by atoms with Crippen LogP contribution >= 0.6 is 0 Å². The molecule has 0 spiro atoms. The van der Waals surface area contributed by atoms with Gasteiger partial charge in [-0.25, -0.2) is 9.78 Å². The summed E-state index contributed by atoms with van der Waals surface area (Å²) in [7, 11) is 2.83. The third kappa shape index (κ3) is 3.46. The SMILES string of the molecule is COC(=O)c1cc(CN(C)C(=O)c2cnc3ccc(C)cn3c2=O)oc1C. The Hall–Kier alpha value is -3.42. The number of carbonyl (C=O) groups is 2. The van der Waals surface area contributed by atoms with Crippen molar-refractivity contribution in [3.8, 4) is 0 Å². The van der Waals surface area contributed by atoms with Gasteiger partial charge in [0.2, 0.25) is 0 Å². The number of nitrogens with zero attached hydrogens (tertiary/aromatic N) is 3. The van der Waals surface area contributed by atoms with Gasteiger partial charge in [0.1, 0.15) is 28.3 Å². The topological polar surface area (TPSA) is 94.1 Å². The highest BCUT2D eigenvalue weighted by Crippen LogP contribution is 2.17. The van der Waals surface area contributed by atoms with Crippen LogP contribution in [0, 0.1) is 13.8 Å². The normalized spacial score (nSPS) is 10.8. The van der Waals surface area contributed by atoms with E-state index in [0.717, 1.165) is 5.56 Å². The van der Waals surface area contributed by atoms with Crippen molar-refractivity contribution in [2.45, 2.75) is 20.4 Å². The molecule has 0 saturated heterocycles. The Morgan fingerprint density at radius 2 is 2.00 bits per heavy atom. The van der Waals surface area contributed by atoms with E-state index in [2.05, 4.69) is 9.72 Å². The summed E-state index contributed by atoms with van der Waals surface area (Å²) in [6, 6.07) is 5.09. The lowest BCUT2D eigenvalue weighted by atomic mass is 10.2. The summed E-state index contributed by atoms with van der Waals surface area (Å²) in [5.41, 5.74) is 1.17. The van der Waals surface area contributed by atoms with Crippen LogP contribution in [0.3, 0.4) is 0 Å². The number of pyridine rings is 1. The first kappa shape index (κ1) is 18.4. The maximum absolute atomic E-state index is 12.7. The van der Waals surface area contributed by atoms with E-state index in [9.17, 15) is 14.4 Å². The Labute approximate surface area is 155 Å². The minimum Gasteiger partial charge on any atom is -0.465 e. The van der Waals surface area contributed by atoms with Gasteiger partial charge in [-0.3, -0.25) is 14.0 Å². The molecule has 3 aromatic rings. The van der Waals surface area contributed by atoms with Crippen LogP contribution in [-0.4, -0.2) is 40.3 Å². The van der Waals surface area contributed by atoms with Gasteiger partial charge in [0.05, 0.1) is 13.7 Å². The van der Waals surface area contributed by atoms with Crippen LogP contribution in [0.1, 0.15) is 37.8 Å². The van der Waals surface area contributed by atoms with E-state index in [4.69, 9.17) is 4.42 Å². The Kier molecular flexibility index (Phi) is 4.81. The number of rotatable bonds is 4. The fraction of sp³-hybridized carbons (Fsp3) is 0.263. The number of esters is 1. The molecule has 0 aliphatic heterocycles. The number of aryl methyl sites for hydroxylation is 2. The molecule has 1 amide bonds. The quantitative estimate of drug-likeness (QED) is 0.653. The molecule has 8 heteroatoms. The van der Waals surface area contributed by atoms with Crippen molar-refractivity contribution in [3.05, 3.63) is 69.2 Å². The maximum Gasteiger partial charge on any atom is 0.341 e. The number of amides is 1. The predicted octanol–water partition coefficient (Wildman–Crippen LogP) is 1.96. The molecule has 140 valence electrons. The molecule has 0 saturated carbocycles. The first-order valence-corrected chi connectivity index (χ1v) is 8.23. The summed E-state index contributed by atoms with van der Waals surface area (Å²) in [5.74, 6) is -0.185. The average molecular weight is 369 g/mol. The van der Waals surface area contributed by atoms with Crippen molar-refractivity contribution in [2.24, 2.45) is 0 Å². The molecule has 0 aliphatic rings. The largest absolute Gasteiger partial charge is 0.465 e. The van der Waals surface area contributed by atoms with Gasteiger partial charge in [-0.05, 0) is 31.5 Å². The van der Waals surface area contributed by atoms with E-state index in [0.29, 0.717) is 22.7 Å². The van der Waals surface area contributed by atoms with Crippen LogP contribution in [0.2, 0.25) is 0 Å². The predicted molar refractivity (Wildman–Crippen MR) is 96.8 cm³/mol. The van der Waals surface area contributed by atoms with Crippen LogP contribution in [0.4, 0.5) is 0 Å². The Balaban J connectivity index is 1.88. The minimum absolute atomic E-state index is 0.0444. The zero-order valence-electron chi connectivity index (χ0n) is 15.5. The maximum atomic E-state index is 12.7. The van der Waals surface area contributed by atoms with Gasteiger partial charge in [0.15, 0.2) is 0 Å². The second kappa shape index (κ2) is 7.06. The van der Waals surface area contributed by atoms with Crippen LogP contribution in [-0.2, 0) is 11.3 Å². The number of fused-ring (bicyclic) bond motifs is 1. The molecular formula is C19H19N3O5. The van der Waals surface area contributed by atoms with Crippen molar-refractivity contribution in [3.63, 3.8) is 0 Å². The number of methoxy groups -OCH3 is 1. The standard InChI is InChI=1S/C19H19N3O5/c1-11-5-6-16-20-8-15(18(24)22(16)9-11)17(23)21(3)10-13-7-14(12(2)27-13)19(25)26-4/h5-9H,10H2,1-4H3. The van der Waals surface area contributed by atoms with E-state index in [-0.39, 0.29) is 12.1 Å². The monoisotopic (exact) mass is 369 g/mol. The lowest BCUT2D eigenvalue weighted by Gasteiger charge is -2.15. The molecule has 27 heavy (non-hydrogen) atoms. The fourth-order valence-corrected chi connectivity index (χ4v) is 2.77. The zero-order valence-corrected chi connectivity index (χ0v) is 15.5. The highest BCUT2D eigenvalue weighted by molar-refractivity contribution is 5.93. The number of hydrogen-bond acceptors (Lipinski definition) is 6. The molecule has 3 aromatic heterocycles. The highest BCUT2D eigenvalue weighted by atomic mass is 16.5. The van der Waals surface area contributed by atoms with Crippen LogP contribution in [0.5, 0.6) is 0 Å². The second-order valence-corrected chi connectivity index (χ2v) is 6.25. The van der Waals surface area contributed by atoms with Crippen molar-refractivity contribution in [1.29, 1.82) is 0 Å². The number of aromatic nitrogens is 2. The summed E-state index contributed by atoms with van der Waals surface area (Å²) in [6.07, 6.45) is 2.92. The van der Waals surface area contributed by atoms with E-state index in [1.54, 1.807) is 26.2 Å². The molecule has 0 unspecified atom stereocenters. The Morgan fingerprint density at radius 3 is 2.70 bits per heavy atom. The third-order valence-electron chi connectivity index (χ3n) is 4.19. The molecule has 3 heterocycles. The summed E-state index contributed by atoms with van der Waals surface area (Å²) in [5, 5.41) is 0. The van der Waals surface area contributed by atoms with E-state index in [1.807, 2.05) is 13.0 Å². The van der Waals surface area contributed by atoms with Crippen molar-refractivity contribution < 1.29 is 18.7 Å². The van der Waals surface area contributed by atoms with E-state index < -0.39 is 17.4 Å². The highest BCUT2D eigenvalue weighted by Gasteiger charge is 2.21. The lowest BCUT2D eigenvalue weighted by Crippen LogP contribution is -2.33. The molecule has 0 bridgehead atoms. The van der Waals surface area contributed by atoms with Crippen LogP contribution in [0.25, 0.3) is 5.65 Å². The summed E-state index contributed by atoms with van der Waals surface area (Å²) in [4.78, 5) is 42.6. The molecule has 0 atom stereocenters. The first-order chi connectivity index (χ1) is 12.8. The molecule has 0 radical (unpaired) electrons. The first-order valence-electron chi connectivity index (χ1n) is 8.23. The lowest BCUT2D eigenvalue weighted by molar-refractivity contribution is 0.0598. The number of carbonyl (C=O) groups excluding carboxylic acids is 2. The average Bonchev–Trinajstić information content (AvgIpc) is 3.01. The summed E-state index contributed by atoms with van der Waals surface area (Å²) < 4.78 is 11.6. The molecule has 0 N–H and O–H groups in total. The van der Waals surface area contributed by atoms with Gasteiger partial charge < -0.3 is 14.1 Å². The number of furan rings is 1. The molecule has 8 nitrogen and oxygen atoms in total. The summed E-state index contributed by atoms with van der Waals surface area (Å²) >= 11 is 0. The van der Waals surface area contributed by atoms with Gasteiger partial charge in [-0.2, -0.15) is 0 Å². The summed E-state index contributed by atoms with van der Waals surface area (Å²) in [6.45, 7) is 3.58. The Bertz CT molecular complexity index is 1100. The van der Waals surface area contributed by atoms with Crippen molar-refractivity contribution >= 4 is 17.5 Å². The van der Waals surface area contributed by atoms with Gasteiger partial charge in [-0.1, -0.05) is 6.07 Å². The fourth-order valence-electron chi connectivity index (χ4n) is 2.77. The van der Waals surface area contributed by atoms with Crippen molar-refractivity contribution in [1.82, 2.24) is 14.3 Å². The third-order valence-corrected chi connectivity index (χ3v) is 4.19. The van der Waals surface area contributed by atoms with Gasteiger partial charge >= 0.3 is 5.97 Å². The second-order valence-electron chi connectivity index (χ2n) is 6.25. The molecule has 0 aliphatic carbocycles. The zero-order chi connectivity index (χ0) is 19.7.